The molecule has 1 amide bonds. The van der Waals surface area contributed by atoms with Crippen molar-refractivity contribution in [2.24, 2.45) is 0 Å². The normalized spacial score (nSPS) is 15.8. The first-order chi connectivity index (χ1) is 12.3. The quantitative estimate of drug-likeness (QED) is 0.804. The third-order valence-electron chi connectivity index (χ3n) is 5.02. The molecular formula is C19H22N2O4S. The van der Waals surface area contributed by atoms with Gasteiger partial charge in [0.1, 0.15) is 0 Å². The molecule has 0 bridgehead atoms. The van der Waals surface area contributed by atoms with Crippen LogP contribution in [0.25, 0.3) is 0 Å². The molecule has 0 N–H and O–H groups in total. The first kappa shape index (κ1) is 18.4. The molecule has 6 nitrogen and oxygen atoms in total. The van der Waals surface area contributed by atoms with Gasteiger partial charge in [0.2, 0.25) is 11.8 Å². The Morgan fingerprint density at radius 3 is 2.27 bits per heavy atom. The summed E-state index contributed by atoms with van der Waals surface area (Å²) in [5, 5.41) is 0. The van der Waals surface area contributed by atoms with Crippen LogP contribution in [0, 0.1) is 6.92 Å². The maximum absolute atomic E-state index is 13.2. The summed E-state index contributed by atoms with van der Waals surface area (Å²) in [6, 6.07) is 9.98. The average molecular weight is 374 g/mol. The van der Waals surface area contributed by atoms with Crippen LogP contribution in [0.2, 0.25) is 0 Å². The second kappa shape index (κ2) is 6.72. The molecule has 3 rings (SSSR count). The van der Waals surface area contributed by atoms with Crippen molar-refractivity contribution in [1.29, 1.82) is 0 Å². The van der Waals surface area contributed by atoms with Crippen molar-refractivity contribution in [2.75, 3.05) is 19.1 Å². The second-order valence-corrected chi connectivity index (χ2v) is 8.85. The number of amides is 1. The molecule has 0 saturated heterocycles. The lowest BCUT2D eigenvalue weighted by molar-refractivity contribution is -0.122. The molecule has 7 heteroatoms. The number of pyridine rings is 1. The molecule has 0 aliphatic heterocycles. The van der Waals surface area contributed by atoms with Gasteiger partial charge >= 0.3 is 0 Å². The molecule has 2 aromatic rings. The molecule has 1 fully saturated rings. The Hall–Kier alpha value is -2.41. The summed E-state index contributed by atoms with van der Waals surface area (Å²) < 4.78 is 30.1. The Bertz CT molecular complexity index is 902. The highest BCUT2D eigenvalue weighted by Gasteiger charge is 2.56. The van der Waals surface area contributed by atoms with E-state index < -0.39 is 20.5 Å². The summed E-state index contributed by atoms with van der Waals surface area (Å²) in [7, 11) is -0.694. The standard InChI is InChI=1S/C19H22N2O4S/c1-14-5-8-16(9-6-14)26(23,24)19(11-4-12-19)18(22)21(2)15-7-10-17(25-3)20-13-15/h5-10,13H,4,11-12H2,1-3H3. The highest BCUT2D eigenvalue weighted by atomic mass is 32.2. The van der Waals surface area contributed by atoms with Crippen LogP contribution in [0.1, 0.15) is 24.8 Å². The topological polar surface area (TPSA) is 76.6 Å². The van der Waals surface area contributed by atoms with E-state index in [9.17, 15) is 13.2 Å². The lowest BCUT2D eigenvalue weighted by Crippen LogP contribution is -2.57. The van der Waals surface area contributed by atoms with Crippen LogP contribution in [0.3, 0.4) is 0 Å². The Labute approximate surface area is 153 Å². The minimum atomic E-state index is -3.78. The summed E-state index contributed by atoms with van der Waals surface area (Å²) in [6.07, 6.45) is 2.87. The van der Waals surface area contributed by atoms with Gasteiger partial charge in [-0.25, -0.2) is 13.4 Å². The number of methoxy groups -OCH3 is 1. The zero-order chi connectivity index (χ0) is 18.9. The van der Waals surface area contributed by atoms with Gasteiger partial charge in [0.15, 0.2) is 14.6 Å². The average Bonchev–Trinajstić information content (AvgIpc) is 2.60. The summed E-state index contributed by atoms with van der Waals surface area (Å²) in [5.41, 5.74) is 1.50. The summed E-state index contributed by atoms with van der Waals surface area (Å²) in [4.78, 5) is 18.8. The second-order valence-electron chi connectivity index (χ2n) is 6.59. The van der Waals surface area contributed by atoms with Crippen LogP contribution in [0.15, 0.2) is 47.5 Å². The van der Waals surface area contributed by atoms with Crippen LogP contribution in [0.4, 0.5) is 5.69 Å². The molecule has 0 atom stereocenters. The van der Waals surface area contributed by atoms with Crippen molar-refractivity contribution in [1.82, 2.24) is 4.98 Å². The molecule has 26 heavy (non-hydrogen) atoms. The fourth-order valence-electron chi connectivity index (χ4n) is 3.15. The van der Waals surface area contributed by atoms with Gasteiger partial charge in [0.25, 0.3) is 0 Å². The van der Waals surface area contributed by atoms with Gasteiger partial charge in [-0.3, -0.25) is 4.79 Å². The predicted octanol–water partition coefficient (Wildman–Crippen LogP) is 2.76. The molecular weight excluding hydrogens is 352 g/mol. The number of aryl methyl sites for hydroxylation is 1. The third-order valence-corrected chi connectivity index (χ3v) is 7.52. The minimum Gasteiger partial charge on any atom is -0.481 e. The number of sulfone groups is 1. The molecule has 0 unspecified atom stereocenters. The van der Waals surface area contributed by atoms with Crippen molar-refractivity contribution in [3.63, 3.8) is 0 Å². The van der Waals surface area contributed by atoms with Crippen molar-refractivity contribution in [3.8, 4) is 5.88 Å². The maximum Gasteiger partial charge on any atom is 0.248 e. The maximum atomic E-state index is 13.2. The number of rotatable bonds is 5. The number of hydrogen-bond donors (Lipinski definition) is 0. The van der Waals surface area contributed by atoms with E-state index in [2.05, 4.69) is 4.98 Å². The largest absolute Gasteiger partial charge is 0.481 e. The Kier molecular flexibility index (Phi) is 4.75. The van der Waals surface area contributed by atoms with Crippen LogP contribution in [0.5, 0.6) is 5.88 Å². The third kappa shape index (κ3) is 2.86. The first-order valence-electron chi connectivity index (χ1n) is 8.41. The van der Waals surface area contributed by atoms with E-state index in [1.807, 2.05) is 6.92 Å². The van der Waals surface area contributed by atoms with Gasteiger partial charge in [-0.1, -0.05) is 17.7 Å². The van der Waals surface area contributed by atoms with Crippen molar-refractivity contribution >= 4 is 21.4 Å². The van der Waals surface area contributed by atoms with Gasteiger partial charge in [0.05, 0.1) is 23.9 Å². The van der Waals surface area contributed by atoms with E-state index in [1.54, 1.807) is 43.4 Å². The molecule has 1 aliphatic carbocycles. The highest BCUT2D eigenvalue weighted by Crippen LogP contribution is 2.44. The fraction of sp³-hybridized carbons (Fsp3) is 0.368. The van der Waals surface area contributed by atoms with E-state index in [0.717, 1.165) is 5.56 Å². The van der Waals surface area contributed by atoms with Crippen molar-refractivity contribution in [2.45, 2.75) is 35.8 Å². The molecule has 0 spiro atoms. The molecule has 138 valence electrons. The van der Waals surface area contributed by atoms with Crippen LogP contribution < -0.4 is 9.64 Å². The Morgan fingerprint density at radius 1 is 1.15 bits per heavy atom. The zero-order valence-corrected chi connectivity index (χ0v) is 15.9. The molecule has 0 radical (unpaired) electrons. The molecule has 1 aliphatic rings. The number of aromatic nitrogens is 1. The summed E-state index contributed by atoms with van der Waals surface area (Å²) in [5.74, 6) is 0.0107. The minimum absolute atomic E-state index is 0.192. The number of ether oxygens (including phenoxy) is 1. The van der Waals surface area contributed by atoms with Crippen LogP contribution in [-0.2, 0) is 14.6 Å². The zero-order valence-electron chi connectivity index (χ0n) is 15.1. The van der Waals surface area contributed by atoms with E-state index >= 15 is 0 Å². The molecule has 1 heterocycles. The van der Waals surface area contributed by atoms with Crippen molar-refractivity contribution in [3.05, 3.63) is 48.2 Å². The molecule has 1 saturated carbocycles. The number of hydrogen-bond acceptors (Lipinski definition) is 5. The Balaban J connectivity index is 1.95. The summed E-state index contributed by atoms with van der Waals surface area (Å²) >= 11 is 0. The number of anilines is 1. The van der Waals surface area contributed by atoms with Crippen LogP contribution in [-0.4, -0.2) is 38.2 Å². The number of carbonyl (C=O) groups is 1. The van der Waals surface area contributed by atoms with Gasteiger partial charge in [-0.15, -0.1) is 0 Å². The van der Waals surface area contributed by atoms with E-state index in [-0.39, 0.29) is 4.90 Å². The van der Waals surface area contributed by atoms with E-state index in [4.69, 9.17) is 4.74 Å². The van der Waals surface area contributed by atoms with Gasteiger partial charge in [-0.2, -0.15) is 0 Å². The van der Waals surface area contributed by atoms with Crippen LogP contribution >= 0.6 is 0 Å². The van der Waals surface area contributed by atoms with Gasteiger partial charge in [0, 0.05) is 13.1 Å². The SMILES string of the molecule is COc1ccc(N(C)C(=O)C2(S(=O)(=O)c3ccc(C)cc3)CCC2)cn1. The van der Waals surface area contributed by atoms with Gasteiger partial charge in [-0.05, 0) is 44.4 Å². The smallest absolute Gasteiger partial charge is 0.248 e. The molecule has 1 aromatic carbocycles. The first-order valence-corrected chi connectivity index (χ1v) is 9.90. The molecule has 1 aromatic heterocycles. The number of carbonyl (C=O) groups excluding carboxylic acids is 1. The van der Waals surface area contributed by atoms with E-state index in [0.29, 0.717) is 30.8 Å². The van der Waals surface area contributed by atoms with E-state index in [1.165, 1.54) is 18.2 Å². The monoisotopic (exact) mass is 374 g/mol. The van der Waals surface area contributed by atoms with Crippen molar-refractivity contribution < 1.29 is 17.9 Å². The number of benzene rings is 1. The Morgan fingerprint density at radius 2 is 1.81 bits per heavy atom. The lowest BCUT2D eigenvalue weighted by atomic mass is 9.83. The lowest BCUT2D eigenvalue weighted by Gasteiger charge is -2.41. The summed E-state index contributed by atoms with van der Waals surface area (Å²) in [6.45, 7) is 1.89. The fourth-order valence-corrected chi connectivity index (χ4v) is 5.29. The van der Waals surface area contributed by atoms with Gasteiger partial charge < -0.3 is 9.64 Å². The highest BCUT2D eigenvalue weighted by molar-refractivity contribution is 7.93. The predicted molar refractivity (Wildman–Crippen MR) is 99.1 cm³/mol. The number of nitrogens with zero attached hydrogens (tertiary/aromatic N) is 2.